The zero-order chi connectivity index (χ0) is 10.3. The zero-order valence-electron chi connectivity index (χ0n) is 8.45. The van der Waals surface area contributed by atoms with Gasteiger partial charge in [0, 0.05) is 6.20 Å². The molecule has 0 saturated carbocycles. The highest BCUT2D eigenvalue weighted by molar-refractivity contribution is 9.10. The monoisotopic (exact) mass is 253 g/mol. The highest BCUT2D eigenvalue weighted by Crippen LogP contribution is 2.22. The fraction of sp³-hybridized carbons (Fsp3) is 0.400. The van der Waals surface area contributed by atoms with E-state index < -0.39 is 0 Å². The molecule has 2 aromatic heterocycles. The number of hydrogen-bond acceptors (Lipinski definition) is 2. The second-order valence-corrected chi connectivity index (χ2v) is 4.49. The van der Waals surface area contributed by atoms with Crippen molar-refractivity contribution >= 4 is 21.6 Å². The molecular weight excluding hydrogens is 242 g/mol. The standard InChI is InChI=1S/C10H12BrN3/c1-6(2)8-4-14-5-12-7(3)9(11)10(14)13-8/h4-6H,1-3H3. The molecule has 0 aliphatic carbocycles. The second-order valence-electron chi connectivity index (χ2n) is 3.70. The normalized spacial score (nSPS) is 11.5. The fourth-order valence-electron chi connectivity index (χ4n) is 1.31. The minimum Gasteiger partial charge on any atom is -0.289 e. The van der Waals surface area contributed by atoms with E-state index in [4.69, 9.17) is 0 Å². The molecule has 0 unspecified atom stereocenters. The van der Waals surface area contributed by atoms with E-state index in [1.165, 1.54) is 0 Å². The molecule has 0 atom stereocenters. The van der Waals surface area contributed by atoms with E-state index in [1.54, 1.807) is 6.33 Å². The van der Waals surface area contributed by atoms with Crippen LogP contribution in [0.25, 0.3) is 5.65 Å². The molecule has 0 N–H and O–H groups in total. The van der Waals surface area contributed by atoms with Gasteiger partial charge in [0.05, 0.1) is 15.9 Å². The van der Waals surface area contributed by atoms with Crippen LogP contribution in [0.2, 0.25) is 0 Å². The number of rotatable bonds is 1. The molecule has 2 heterocycles. The van der Waals surface area contributed by atoms with Crippen molar-refractivity contribution in [3.8, 4) is 0 Å². The first-order valence-corrected chi connectivity index (χ1v) is 5.38. The number of fused-ring (bicyclic) bond motifs is 1. The molecule has 0 aliphatic heterocycles. The van der Waals surface area contributed by atoms with Gasteiger partial charge in [-0.15, -0.1) is 0 Å². The summed E-state index contributed by atoms with van der Waals surface area (Å²) in [6.07, 6.45) is 3.82. The summed E-state index contributed by atoms with van der Waals surface area (Å²) < 4.78 is 2.93. The molecule has 0 aromatic carbocycles. The molecule has 0 saturated heterocycles. The lowest BCUT2D eigenvalue weighted by Crippen LogP contribution is -1.90. The molecule has 74 valence electrons. The van der Waals surface area contributed by atoms with Gasteiger partial charge in [-0.2, -0.15) is 0 Å². The average Bonchev–Trinajstić information content (AvgIpc) is 2.56. The molecule has 0 bridgehead atoms. The van der Waals surface area contributed by atoms with Crippen molar-refractivity contribution in [1.82, 2.24) is 14.4 Å². The minimum atomic E-state index is 0.446. The Morgan fingerprint density at radius 2 is 2.14 bits per heavy atom. The maximum Gasteiger partial charge on any atom is 0.154 e. The van der Waals surface area contributed by atoms with E-state index in [2.05, 4.69) is 39.7 Å². The van der Waals surface area contributed by atoms with Crippen molar-refractivity contribution in [3.05, 3.63) is 28.4 Å². The highest BCUT2D eigenvalue weighted by atomic mass is 79.9. The van der Waals surface area contributed by atoms with Gasteiger partial charge < -0.3 is 0 Å². The first-order valence-electron chi connectivity index (χ1n) is 4.59. The van der Waals surface area contributed by atoms with E-state index in [-0.39, 0.29) is 0 Å². The third kappa shape index (κ3) is 1.43. The van der Waals surface area contributed by atoms with Crippen molar-refractivity contribution in [2.45, 2.75) is 26.7 Å². The molecule has 0 radical (unpaired) electrons. The second kappa shape index (κ2) is 3.35. The summed E-state index contributed by atoms with van der Waals surface area (Å²) in [4.78, 5) is 8.80. The topological polar surface area (TPSA) is 30.2 Å². The van der Waals surface area contributed by atoms with E-state index in [0.717, 1.165) is 21.5 Å². The van der Waals surface area contributed by atoms with Crippen LogP contribution in [0.1, 0.15) is 31.2 Å². The van der Waals surface area contributed by atoms with Crippen LogP contribution in [-0.4, -0.2) is 14.4 Å². The van der Waals surface area contributed by atoms with Crippen LogP contribution in [-0.2, 0) is 0 Å². The van der Waals surface area contributed by atoms with Gasteiger partial charge in [0.2, 0.25) is 0 Å². The predicted octanol–water partition coefficient (Wildman–Crippen LogP) is 2.92. The Morgan fingerprint density at radius 3 is 2.79 bits per heavy atom. The summed E-state index contributed by atoms with van der Waals surface area (Å²) in [7, 11) is 0. The third-order valence-corrected chi connectivity index (χ3v) is 3.16. The Labute approximate surface area is 91.3 Å². The Bertz CT molecular complexity index is 473. The van der Waals surface area contributed by atoms with Crippen molar-refractivity contribution in [2.75, 3.05) is 0 Å². The van der Waals surface area contributed by atoms with Gasteiger partial charge >= 0.3 is 0 Å². The number of nitrogens with zero attached hydrogens (tertiary/aromatic N) is 3. The lowest BCUT2D eigenvalue weighted by Gasteiger charge is -1.97. The summed E-state index contributed by atoms with van der Waals surface area (Å²) in [6.45, 7) is 6.24. The zero-order valence-corrected chi connectivity index (χ0v) is 10.0. The van der Waals surface area contributed by atoms with Gasteiger partial charge in [-0.05, 0) is 28.8 Å². The smallest absolute Gasteiger partial charge is 0.154 e. The number of aryl methyl sites for hydroxylation is 1. The molecule has 14 heavy (non-hydrogen) atoms. The van der Waals surface area contributed by atoms with Gasteiger partial charge in [-0.25, -0.2) is 9.97 Å². The largest absolute Gasteiger partial charge is 0.289 e. The fourth-order valence-corrected chi connectivity index (χ4v) is 1.70. The summed E-state index contributed by atoms with van der Waals surface area (Å²) in [5.74, 6) is 0.446. The molecule has 0 fully saturated rings. The average molecular weight is 254 g/mol. The van der Waals surface area contributed by atoms with Crippen molar-refractivity contribution in [3.63, 3.8) is 0 Å². The Morgan fingerprint density at radius 1 is 1.43 bits per heavy atom. The molecule has 4 heteroatoms. The maximum atomic E-state index is 4.55. The van der Waals surface area contributed by atoms with Crippen LogP contribution in [0.4, 0.5) is 0 Å². The van der Waals surface area contributed by atoms with E-state index in [9.17, 15) is 0 Å². The van der Waals surface area contributed by atoms with E-state index >= 15 is 0 Å². The summed E-state index contributed by atoms with van der Waals surface area (Å²) in [5, 5.41) is 0. The van der Waals surface area contributed by atoms with Gasteiger partial charge in [0.15, 0.2) is 5.65 Å². The van der Waals surface area contributed by atoms with Crippen LogP contribution in [0.3, 0.4) is 0 Å². The van der Waals surface area contributed by atoms with Gasteiger partial charge in [0.1, 0.15) is 6.33 Å². The first kappa shape index (κ1) is 9.65. The van der Waals surface area contributed by atoms with Gasteiger partial charge in [-0.1, -0.05) is 13.8 Å². The Hall–Kier alpha value is -0.900. The van der Waals surface area contributed by atoms with Gasteiger partial charge in [-0.3, -0.25) is 4.40 Å². The summed E-state index contributed by atoms with van der Waals surface area (Å²) >= 11 is 3.50. The van der Waals surface area contributed by atoms with E-state index in [1.807, 2.05) is 17.5 Å². The molecule has 0 aliphatic rings. The number of aromatic nitrogens is 3. The van der Waals surface area contributed by atoms with Crippen molar-refractivity contribution in [1.29, 1.82) is 0 Å². The maximum absolute atomic E-state index is 4.55. The van der Waals surface area contributed by atoms with E-state index in [0.29, 0.717) is 5.92 Å². The third-order valence-electron chi connectivity index (χ3n) is 2.23. The molecule has 3 nitrogen and oxygen atoms in total. The summed E-state index contributed by atoms with van der Waals surface area (Å²) in [5.41, 5.74) is 3.01. The van der Waals surface area contributed by atoms with Crippen LogP contribution >= 0.6 is 15.9 Å². The number of halogens is 1. The lowest BCUT2D eigenvalue weighted by atomic mass is 10.2. The molecule has 0 amide bonds. The van der Waals surface area contributed by atoms with Crippen molar-refractivity contribution < 1.29 is 0 Å². The van der Waals surface area contributed by atoms with Crippen LogP contribution < -0.4 is 0 Å². The Kier molecular flexibility index (Phi) is 2.31. The van der Waals surface area contributed by atoms with Crippen LogP contribution in [0.15, 0.2) is 17.0 Å². The molecule has 2 rings (SSSR count). The number of imidazole rings is 1. The molecular formula is C10H12BrN3. The number of hydrogen-bond donors (Lipinski definition) is 0. The first-order chi connectivity index (χ1) is 6.59. The SMILES string of the molecule is Cc1ncn2cc(C(C)C)nc2c1Br. The predicted molar refractivity (Wildman–Crippen MR) is 59.5 cm³/mol. The minimum absolute atomic E-state index is 0.446. The van der Waals surface area contributed by atoms with Gasteiger partial charge in [0.25, 0.3) is 0 Å². The highest BCUT2D eigenvalue weighted by Gasteiger charge is 2.09. The van der Waals surface area contributed by atoms with Crippen LogP contribution in [0.5, 0.6) is 0 Å². The summed E-state index contributed by atoms with van der Waals surface area (Å²) in [6, 6.07) is 0. The molecule has 2 aromatic rings. The van der Waals surface area contributed by atoms with Crippen molar-refractivity contribution in [2.24, 2.45) is 0 Å². The Balaban J connectivity index is 2.71. The molecule has 0 spiro atoms. The quantitative estimate of drug-likeness (QED) is 0.783. The van der Waals surface area contributed by atoms with Crippen LogP contribution in [0, 0.1) is 6.92 Å². The lowest BCUT2D eigenvalue weighted by molar-refractivity contribution is 0.834.